The number of carbonyl (C=O) groups excluding carboxylic acids is 1. The molecule has 3 nitrogen and oxygen atoms in total. The smallest absolute Gasteiger partial charge is 0.375 e. The zero-order chi connectivity index (χ0) is 16.2. The molecule has 22 heavy (non-hydrogen) atoms. The topological polar surface area (TPSA) is 41.1 Å². The summed E-state index contributed by atoms with van der Waals surface area (Å²) in [6, 6.07) is 3.22. The number of amides is 1. The maximum Gasteiger partial charge on any atom is 0.416 e. The number of rotatable bonds is 4. The van der Waals surface area contributed by atoms with E-state index >= 15 is 0 Å². The number of hydrogen-bond donors (Lipinski definition) is 2. The Kier molecular flexibility index (Phi) is 5.56. The molecule has 2 rings (SSSR count). The first kappa shape index (κ1) is 16.9. The van der Waals surface area contributed by atoms with E-state index in [4.69, 9.17) is 11.6 Å². The fourth-order valence-corrected chi connectivity index (χ4v) is 2.78. The van der Waals surface area contributed by atoms with Crippen molar-refractivity contribution in [2.75, 3.05) is 11.9 Å². The van der Waals surface area contributed by atoms with Crippen LogP contribution in [0.25, 0.3) is 0 Å². The van der Waals surface area contributed by atoms with Gasteiger partial charge in [0.05, 0.1) is 22.8 Å². The lowest BCUT2D eigenvalue weighted by molar-refractivity contribution is -0.137. The van der Waals surface area contributed by atoms with Gasteiger partial charge in [-0.3, -0.25) is 4.79 Å². The second kappa shape index (κ2) is 7.22. The molecule has 122 valence electrons. The summed E-state index contributed by atoms with van der Waals surface area (Å²) in [5.41, 5.74) is -0.497. The fourth-order valence-electron chi connectivity index (χ4n) is 2.54. The average Bonchev–Trinajstić information content (AvgIpc) is 2.46. The Morgan fingerprint density at radius 2 is 1.91 bits per heavy atom. The highest BCUT2D eigenvalue weighted by atomic mass is 35.5. The first-order chi connectivity index (χ1) is 10.4. The van der Waals surface area contributed by atoms with Crippen LogP contribution in [0.5, 0.6) is 0 Å². The van der Waals surface area contributed by atoms with Gasteiger partial charge in [0, 0.05) is 6.04 Å². The van der Waals surface area contributed by atoms with Crippen LogP contribution in [0, 0.1) is 0 Å². The van der Waals surface area contributed by atoms with Crippen molar-refractivity contribution in [1.82, 2.24) is 5.32 Å². The molecule has 0 aliphatic heterocycles. The number of hydrogen-bond acceptors (Lipinski definition) is 2. The van der Waals surface area contributed by atoms with E-state index < -0.39 is 11.7 Å². The summed E-state index contributed by atoms with van der Waals surface area (Å²) < 4.78 is 37.6. The molecule has 1 fully saturated rings. The zero-order valence-electron chi connectivity index (χ0n) is 12.0. The van der Waals surface area contributed by atoms with Crippen molar-refractivity contribution < 1.29 is 18.0 Å². The number of anilines is 1. The predicted molar refractivity (Wildman–Crippen MR) is 80.0 cm³/mol. The zero-order valence-corrected chi connectivity index (χ0v) is 12.7. The summed E-state index contributed by atoms with van der Waals surface area (Å²) in [7, 11) is 0. The molecule has 1 aliphatic rings. The molecular weight excluding hydrogens is 317 g/mol. The molecule has 1 aromatic rings. The summed E-state index contributed by atoms with van der Waals surface area (Å²) in [5.74, 6) is -0.178. The van der Waals surface area contributed by atoms with Gasteiger partial charge in [0.2, 0.25) is 5.91 Å². The van der Waals surface area contributed by atoms with Crippen molar-refractivity contribution in [1.29, 1.82) is 0 Å². The van der Waals surface area contributed by atoms with Crippen LogP contribution in [0.2, 0.25) is 5.02 Å². The highest BCUT2D eigenvalue weighted by Crippen LogP contribution is 2.33. The fraction of sp³-hybridized carbons (Fsp3) is 0.533. The standard InChI is InChI=1S/C15H18ClF3N2O/c16-12-8-10(15(17,18)19)6-7-13(12)20-9-14(22)21-11-4-2-1-3-5-11/h6-8,11,20H,1-5,9H2,(H,21,22). The second-order valence-corrected chi connectivity index (χ2v) is 5.86. The predicted octanol–water partition coefficient (Wildman–Crippen LogP) is 4.22. The Bertz CT molecular complexity index is 528. The third-order valence-corrected chi connectivity index (χ3v) is 4.02. The van der Waals surface area contributed by atoms with Gasteiger partial charge in [-0.05, 0) is 31.0 Å². The van der Waals surface area contributed by atoms with E-state index in [2.05, 4.69) is 10.6 Å². The summed E-state index contributed by atoms with van der Waals surface area (Å²) in [5, 5.41) is 5.63. The largest absolute Gasteiger partial charge is 0.416 e. The number of nitrogens with one attached hydrogen (secondary N) is 2. The van der Waals surface area contributed by atoms with Crippen molar-refractivity contribution in [3.63, 3.8) is 0 Å². The summed E-state index contributed by atoms with van der Waals surface area (Å²) in [6.45, 7) is -0.0123. The van der Waals surface area contributed by atoms with Gasteiger partial charge in [0.1, 0.15) is 0 Å². The Hall–Kier alpha value is -1.43. The van der Waals surface area contributed by atoms with Gasteiger partial charge in [0.25, 0.3) is 0 Å². The van der Waals surface area contributed by atoms with Crippen molar-refractivity contribution in [3.8, 4) is 0 Å². The molecule has 1 aliphatic carbocycles. The van der Waals surface area contributed by atoms with Crippen LogP contribution in [-0.4, -0.2) is 18.5 Å². The molecule has 0 radical (unpaired) electrons. The lowest BCUT2D eigenvalue weighted by atomic mass is 9.95. The van der Waals surface area contributed by atoms with E-state index in [0.29, 0.717) is 5.69 Å². The van der Waals surface area contributed by atoms with Gasteiger partial charge >= 0.3 is 6.18 Å². The van der Waals surface area contributed by atoms with Crippen molar-refractivity contribution >= 4 is 23.2 Å². The maximum atomic E-state index is 12.5. The highest BCUT2D eigenvalue weighted by Gasteiger charge is 2.30. The molecule has 0 bridgehead atoms. The second-order valence-electron chi connectivity index (χ2n) is 5.45. The SMILES string of the molecule is O=C(CNc1ccc(C(F)(F)F)cc1Cl)NC1CCCCC1. The molecule has 0 spiro atoms. The molecule has 7 heteroatoms. The summed E-state index contributed by atoms with van der Waals surface area (Å²) in [4.78, 5) is 11.8. The van der Waals surface area contributed by atoms with Gasteiger partial charge in [-0.15, -0.1) is 0 Å². The van der Waals surface area contributed by atoms with Crippen LogP contribution in [0.1, 0.15) is 37.7 Å². The van der Waals surface area contributed by atoms with E-state index in [1.165, 1.54) is 12.5 Å². The number of benzene rings is 1. The van der Waals surface area contributed by atoms with Crippen molar-refractivity contribution in [3.05, 3.63) is 28.8 Å². The van der Waals surface area contributed by atoms with Crippen LogP contribution in [0.15, 0.2) is 18.2 Å². The molecule has 1 amide bonds. The molecule has 0 heterocycles. The van der Waals surface area contributed by atoms with Gasteiger partial charge < -0.3 is 10.6 Å². The monoisotopic (exact) mass is 334 g/mol. The highest BCUT2D eigenvalue weighted by molar-refractivity contribution is 6.33. The lowest BCUT2D eigenvalue weighted by Crippen LogP contribution is -2.39. The van der Waals surface area contributed by atoms with Crippen LogP contribution in [-0.2, 0) is 11.0 Å². The Labute approximate surface area is 132 Å². The molecule has 1 saturated carbocycles. The number of carbonyl (C=O) groups is 1. The van der Waals surface area contributed by atoms with Gasteiger partial charge in [0.15, 0.2) is 0 Å². The average molecular weight is 335 g/mol. The first-order valence-corrected chi connectivity index (χ1v) is 7.64. The van der Waals surface area contributed by atoms with E-state index in [0.717, 1.165) is 37.8 Å². The van der Waals surface area contributed by atoms with Crippen molar-refractivity contribution in [2.24, 2.45) is 0 Å². The van der Waals surface area contributed by atoms with Crippen LogP contribution in [0.3, 0.4) is 0 Å². The molecule has 0 aromatic heterocycles. The third kappa shape index (κ3) is 4.80. The molecular formula is C15H18ClF3N2O. The summed E-state index contributed by atoms with van der Waals surface area (Å²) >= 11 is 5.82. The van der Waals surface area contributed by atoms with Crippen molar-refractivity contribution in [2.45, 2.75) is 44.3 Å². The Balaban J connectivity index is 1.87. The lowest BCUT2D eigenvalue weighted by Gasteiger charge is -2.23. The first-order valence-electron chi connectivity index (χ1n) is 7.26. The minimum Gasteiger partial charge on any atom is -0.375 e. The maximum absolute atomic E-state index is 12.5. The number of halogens is 4. The molecule has 2 N–H and O–H groups in total. The third-order valence-electron chi connectivity index (χ3n) is 3.71. The van der Waals surface area contributed by atoms with Gasteiger partial charge in [-0.2, -0.15) is 13.2 Å². The van der Waals surface area contributed by atoms with E-state index in [9.17, 15) is 18.0 Å². The normalized spacial score (nSPS) is 16.4. The minimum absolute atomic E-state index is 0.0123. The van der Waals surface area contributed by atoms with E-state index in [1.54, 1.807) is 0 Å². The van der Waals surface area contributed by atoms with E-state index in [1.807, 2.05) is 0 Å². The molecule has 0 atom stereocenters. The summed E-state index contributed by atoms with van der Waals surface area (Å²) in [6.07, 6.45) is 0.956. The molecule has 0 unspecified atom stereocenters. The minimum atomic E-state index is -4.43. The quantitative estimate of drug-likeness (QED) is 0.865. The Morgan fingerprint density at radius 3 is 2.50 bits per heavy atom. The van der Waals surface area contributed by atoms with Crippen LogP contribution < -0.4 is 10.6 Å². The van der Waals surface area contributed by atoms with Crippen LogP contribution in [0.4, 0.5) is 18.9 Å². The van der Waals surface area contributed by atoms with E-state index in [-0.39, 0.29) is 23.5 Å². The molecule has 1 aromatic carbocycles. The number of alkyl halides is 3. The van der Waals surface area contributed by atoms with Crippen LogP contribution >= 0.6 is 11.6 Å². The van der Waals surface area contributed by atoms with Gasteiger partial charge in [-0.25, -0.2) is 0 Å². The Morgan fingerprint density at radius 1 is 1.23 bits per heavy atom. The molecule has 0 saturated heterocycles. The van der Waals surface area contributed by atoms with Gasteiger partial charge in [-0.1, -0.05) is 30.9 Å².